The third kappa shape index (κ3) is 3.13. The van der Waals surface area contributed by atoms with Crippen LogP contribution in [-0.2, 0) is 9.16 Å². The van der Waals surface area contributed by atoms with Crippen molar-refractivity contribution in [3.63, 3.8) is 0 Å². The monoisotopic (exact) mass is 268 g/mol. The third-order valence-corrected chi connectivity index (χ3v) is 4.35. The topological polar surface area (TPSA) is 18.5 Å². The lowest BCUT2D eigenvalue weighted by molar-refractivity contribution is 0.0638. The van der Waals surface area contributed by atoms with Gasteiger partial charge in [0.1, 0.15) is 6.10 Å². The molecule has 4 heteroatoms. The van der Waals surface area contributed by atoms with Crippen LogP contribution in [0.15, 0.2) is 23.5 Å². The third-order valence-electron chi connectivity index (χ3n) is 2.62. The molecule has 94 valence electrons. The summed E-state index contributed by atoms with van der Waals surface area (Å²) in [5.74, 6) is 0.790. The van der Waals surface area contributed by atoms with Crippen molar-refractivity contribution >= 4 is 25.2 Å². The standard InChI is InChI=1S/C13H20O2SSi/c1-5-10-9-11(12-7-6-8-16-12)13(14-10)15-17(2,3)4/h6-8,10H,5,9H2,1-4H3. The van der Waals surface area contributed by atoms with Crippen LogP contribution in [0.5, 0.6) is 0 Å². The van der Waals surface area contributed by atoms with Crippen molar-refractivity contribution < 1.29 is 9.16 Å². The average molecular weight is 268 g/mol. The first-order valence-electron chi connectivity index (χ1n) is 6.12. The fraction of sp³-hybridized carbons (Fsp3) is 0.538. The van der Waals surface area contributed by atoms with Crippen LogP contribution >= 0.6 is 11.3 Å². The van der Waals surface area contributed by atoms with Gasteiger partial charge in [-0.25, -0.2) is 0 Å². The number of hydrogen-bond acceptors (Lipinski definition) is 3. The summed E-state index contributed by atoms with van der Waals surface area (Å²) >= 11 is 1.76. The van der Waals surface area contributed by atoms with Crippen molar-refractivity contribution in [3.05, 3.63) is 28.3 Å². The van der Waals surface area contributed by atoms with E-state index in [1.54, 1.807) is 11.3 Å². The summed E-state index contributed by atoms with van der Waals surface area (Å²) < 4.78 is 12.0. The second-order valence-corrected chi connectivity index (χ2v) is 10.7. The summed E-state index contributed by atoms with van der Waals surface area (Å²) in [4.78, 5) is 1.29. The normalized spacial score (nSPS) is 20.6. The molecule has 0 aliphatic carbocycles. The molecule has 1 aliphatic heterocycles. The van der Waals surface area contributed by atoms with Gasteiger partial charge >= 0.3 is 0 Å². The van der Waals surface area contributed by atoms with Gasteiger partial charge in [-0.15, -0.1) is 11.3 Å². The minimum atomic E-state index is -1.60. The molecule has 0 saturated carbocycles. The summed E-state index contributed by atoms with van der Waals surface area (Å²) in [5, 5.41) is 2.10. The van der Waals surface area contributed by atoms with Crippen LogP contribution in [0.3, 0.4) is 0 Å². The van der Waals surface area contributed by atoms with Crippen molar-refractivity contribution in [1.29, 1.82) is 0 Å². The molecule has 0 N–H and O–H groups in total. The van der Waals surface area contributed by atoms with E-state index in [0.717, 1.165) is 18.8 Å². The minimum Gasteiger partial charge on any atom is -0.519 e. The summed E-state index contributed by atoms with van der Waals surface area (Å²) in [7, 11) is -1.60. The van der Waals surface area contributed by atoms with Crippen molar-refractivity contribution in [2.75, 3.05) is 0 Å². The molecule has 1 unspecified atom stereocenters. The molecular formula is C13H20O2SSi. The molecule has 0 fully saturated rings. The Morgan fingerprint density at radius 1 is 1.47 bits per heavy atom. The van der Waals surface area contributed by atoms with E-state index < -0.39 is 8.32 Å². The van der Waals surface area contributed by atoms with Gasteiger partial charge in [-0.1, -0.05) is 13.0 Å². The Morgan fingerprint density at radius 3 is 2.76 bits per heavy atom. The highest BCUT2D eigenvalue weighted by atomic mass is 32.1. The van der Waals surface area contributed by atoms with Crippen LogP contribution in [-0.4, -0.2) is 14.4 Å². The van der Waals surface area contributed by atoms with Gasteiger partial charge in [0, 0.05) is 11.3 Å². The van der Waals surface area contributed by atoms with E-state index in [4.69, 9.17) is 9.16 Å². The number of thiophene rings is 1. The smallest absolute Gasteiger partial charge is 0.270 e. The van der Waals surface area contributed by atoms with Gasteiger partial charge in [0.2, 0.25) is 8.32 Å². The zero-order valence-corrected chi connectivity index (χ0v) is 12.8. The fourth-order valence-corrected chi connectivity index (χ4v) is 3.32. The minimum absolute atomic E-state index is 0.290. The fourth-order valence-electron chi connectivity index (χ4n) is 1.82. The van der Waals surface area contributed by atoms with Crippen molar-refractivity contribution in [1.82, 2.24) is 0 Å². The molecule has 2 heterocycles. The van der Waals surface area contributed by atoms with Crippen LogP contribution in [0, 0.1) is 0 Å². The molecule has 2 nitrogen and oxygen atoms in total. The zero-order chi connectivity index (χ0) is 12.5. The molecule has 0 aromatic carbocycles. The summed E-state index contributed by atoms with van der Waals surface area (Å²) in [6.45, 7) is 8.73. The van der Waals surface area contributed by atoms with E-state index in [1.165, 1.54) is 10.5 Å². The van der Waals surface area contributed by atoms with Gasteiger partial charge < -0.3 is 9.16 Å². The maximum atomic E-state index is 6.07. The molecule has 2 rings (SSSR count). The lowest BCUT2D eigenvalue weighted by Crippen LogP contribution is -2.25. The molecule has 1 aromatic heterocycles. The van der Waals surface area contributed by atoms with Gasteiger partial charge in [0.15, 0.2) is 0 Å². The molecule has 1 aromatic rings. The van der Waals surface area contributed by atoms with Crippen molar-refractivity contribution in [2.45, 2.75) is 45.5 Å². The molecular weight excluding hydrogens is 248 g/mol. The van der Waals surface area contributed by atoms with Gasteiger partial charge in [-0.3, -0.25) is 0 Å². The lowest BCUT2D eigenvalue weighted by Gasteiger charge is -2.21. The second-order valence-electron chi connectivity index (χ2n) is 5.31. The van der Waals surface area contributed by atoms with E-state index in [-0.39, 0.29) is 0 Å². The van der Waals surface area contributed by atoms with E-state index in [9.17, 15) is 0 Å². The van der Waals surface area contributed by atoms with Gasteiger partial charge in [0.05, 0.1) is 5.57 Å². The van der Waals surface area contributed by atoms with Crippen LogP contribution < -0.4 is 0 Å². The predicted octanol–water partition coefficient (Wildman–Crippen LogP) is 4.47. The van der Waals surface area contributed by atoms with Gasteiger partial charge in [-0.2, -0.15) is 0 Å². The number of ether oxygens (including phenoxy) is 1. The first-order valence-corrected chi connectivity index (χ1v) is 10.4. The molecule has 0 bridgehead atoms. The maximum Gasteiger partial charge on any atom is 0.270 e. The summed E-state index contributed by atoms with van der Waals surface area (Å²) in [6.07, 6.45) is 2.31. The molecule has 0 amide bonds. The Labute approximate surface area is 108 Å². The van der Waals surface area contributed by atoms with Crippen LogP contribution in [0.25, 0.3) is 5.57 Å². The highest BCUT2D eigenvalue weighted by molar-refractivity contribution is 7.11. The maximum absolute atomic E-state index is 6.07. The highest BCUT2D eigenvalue weighted by Crippen LogP contribution is 2.37. The van der Waals surface area contributed by atoms with E-state index >= 15 is 0 Å². The Bertz CT molecular complexity index is 404. The Balaban J connectivity index is 2.25. The molecule has 0 spiro atoms. The first kappa shape index (κ1) is 12.7. The highest BCUT2D eigenvalue weighted by Gasteiger charge is 2.31. The predicted molar refractivity (Wildman–Crippen MR) is 75.5 cm³/mol. The molecule has 1 atom stereocenters. The van der Waals surface area contributed by atoms with Crippen molar-refractivity contribution in [3.8, 4) is 0 Å². The molecule has 0 radical (unpaired) electrons. The quantitative estimate of drug-likeness (QED) is 0.750. The largest absolute Gasteiger partial charge is 0.519 e. The lowest BCUT2D eigenvalue weighted by atomic mass is 10.1. The second kappa shape index (κ2) is 4.86. The summed E-state index contributed by atoms with van der Waals surface area (Å²) in [5.41, 5.74) is 1.26. The first-order chi connectivity index (χ1) is 7.99. The van der Waals surface area contributed by atoms with Gasteiger partial charge in [0.25, 0.3) is 5.95 Å². The van der Waals surface area contributed by atoms with Crippen LogP contribution in [0.4, 0.5) is 0 Å². The van der Waals surface area contributed by atoms with Crippen molar-refractivity contribution in [2.24, 2.45) is 0 Å². The van der Waals surface area contributed by atoms with Crippen LogP contribution in [0.2, 0.25) is 19.6 Å². The SMILES string of the molecule is CCC1CC(c2cccs2)=C(O[Si](C)(C)C)O1. The van der Waals surface area contributed by atoms with Crippen LogP contribution in [0.1, 0.15) is 24.6 Å². The summed E-state index contributed by atoms with van der Waals surface area (Å²) in [6, 6.07) is 4.23. The van der Waals surface area contributed by atoms with E-state index in [1.807, 2.05) is 0 Å². The number of rotatable bonds is 4. The zero-order valence-electron chi connectivity index (χ0n) is 10.9. The van der Waals surface area contributed by atoms with E-state index in [2.05, 4.69) is 44.1 Å². The average Bonchev–Trinajstić information content (AvgIpc) is 2.82. The Morgan fingerprint density at radius 2 is 2.24 bits per heavy atom. The molecule has 0 saturated heterocycles. The van der Waals surface area contributed by atoms with Gasteiger partial charge in [-0.05, 0) is 37.5 Å². The molecule has 1 aliphatic rings. The Kier molecular flexibility index (Phi) is 3.63. The Hall–Kier alpha value is -0.743. The molecule has 17 heavy (non-hydrogen) atoms. The number of hydrogen-bond donors (Lipinski definition) is 0. The van der Waals surface area contributed by atoms with E-state index in [0.29, 0.717) is 6.10 Å².